The molecule has 0 amide bonds. The lowest BCUT2D eigenvalue weighted by Gasteiger charge is -2.31. The van der Waals surface area contributed by atoms with E-state index >= 15 is 0 Å². The van der Waals surface area contributed by atoms with Crippen LogP contribution in [0.2, 0.25) is 0 Å². The molecule has 0 unspecified atom stereocenters. The molecule has 41 heavy (non-hydrogen) atoms. The number of hydrogen-bond donors (Lipinski definition) is 0. The third kappa shape index (κ3) is 3.13. The zero-order chi connectivity index (χ0) is 27.6. The van der Waals surface area contributed by atoms with E-state index < -0.39 is 5.41 Å². The van der Waals surface area contributed by atoms with Gasteiger partial charge in [0.2, 0.25) is 0 Å². The van der Waals surface area contributed by atoms with Crippen molar-refractivity contribution in [3.63, 3.8) is 0 Å². The van der Waals surface area contributed by atoms with Crippen LogP contribution >= 0.6 is 0 Å². The molecular weight excluding hydrogens is 500 g/mol. The van der Waals surface area contributed by atoms with Gasteiger partial charge in [-0.2, -0.15) is 5.26 Å². The monoisotopic (exact) mass is 520 g/mol. The highest BCUT2D eigenvalue weighted by molar-refractivity contribution is 5.96. The molecule has 2 aliphatic rings. The molecule has 4 aromatic carbocycles. The van der Waals surface area contributed by atoms with Crippen LogP contribution in [0.4, 0.5) is 5.69 Å². The summed E-state index contributed by atoms with van der Waals surface area (Å²) in [5, 5.41) is 9.52. The maximum atomic E-state index is 9.52. The largest absolute Gasteiger partial charge is 0.259 e. The van der Waals surface area contributed by atoms with Crippen molar-refractivity contribution < 1.29 is 0 Å². The first-order chi connectivity index (χ1) is 20.2. The summed E-state index contributed by atoms with van der Waals surface area (Å²) in [6.07, 6.45) is 3.40. The van der Waals surface area contributed by atoms with E-state index in [0.717, 1.165) is 22.5 Å². The predicted octanol–water partition coefficient (Wildman–Crippen LogP) is 8.58. The third-order valence-electron chi connectivity index (χ3n) is 8.44. The Balaban J connectivity index is 1.46. The number of hydrogen-bond acceptors (Lipinski definition) is 3. The minimum atomic E-state index is -0.534. The standard InChI is InChI=1S/C37H20N4/c1-39-26-15-17-41-36(21-26)25-11-13-30-29-12-10-24(35-18-23(22-38)14-16-40-35)19-33(29)37(34(30)20-25)31-8-4-2-6-27(31)28-7-3-5-9-32(28)37/h2-21H. The Morgan fingerprint density at radius 2 is 1.12 bits per heavy atom. The van der Waals surface area contributed by atoms with Gasteiger partial charge in [-0.05, 0) is 86.5 Å². The summed E-state index contributed by atoms with van der Waals surface area (Å²) < 4.78 is 0. The smallest absolute Gasteiger partial charge is 0.190 e. The van der Waals surface area contributed by atoms with Crippen LogP contribution < -0.4 is 0 Å². The van der Waals surface area contributed by atoms with Gasteiger partial charge in [-0.1, -0.05) is 72.8 Å². The fourth-order valence-corrected chi connectivity index (χ4v) is 6.76. The lowest BCUT2D eigenvalue weighted by molar-refractivity contribution is 0.794. The van der Waals surface area contributed by atoms with Gasteiger partial charge < -0.3 is 0 Å². The van der Waals surface area contributed by atoms with Crippen molar-refractivity contribution in [2.45, 2.75) is 5.41 Å². The Morgan fingerprint density at radius 3 is 1.71 bits per heavy atom. The second kappa shape index (κ2) is 8.58. The fourth-order valence-electron chi connectivity index (χ4n) is 6.76. The fraction of sp³-hybridized carbons (Fsp3) is 0.0270. The zero-order valence-corrected chi connectivity index (χ0v) is 21.8. The first-order valence-corrected chi connectivity index (χ1v) is 13.4. The molecule has 0 N–H and O–H groups in total. The van der Waals surface area contributed by atoms with Crippen LogP contribution in [0.3, 0.4) is 0 Å². The van der Waals surface area contributed by atoms with Crippen LogP contribution in [0.1, 0.15) is 27.8 Å². The van der Waals surface area contributed by atoms with Crippen molar-refractivity contribution in [1.29, 1.82) is 5.26 Å². The minimum Gasteiger partial charge on any atom is -0.259 e. The van der Waals surface area contributed by atoms with Crippen molar-refractivity contribution in [3.8, 4) is 50.8 Å². The first kappa shape index (κ1) is 23.1. The van der Waals surface area contributed by atoms with Crippen LogP contribution in [-0.4, -0.2) is 9.97 Å². The van der Waals surface area contributed by atoms with E-state index in [4.69, 9.17) is 6.57 Å². The molecule has 0 atom stereocenters. The summed E-state index contributed by atoms with van der Waals surface area (Å²) in [7, 11) is 0. The van der Waals surface area contributed by atoms with Crippen LogP contribution in [0.15, 0.2) is 122 Å². The third-order valence-corrected chi connectivity index (χ3v) is 8.44. The van der Waals surface area contributed by atoms with Gasteiger partial charge in [0.15, 0.2) is 5.69 Å². The molecule has 6 aromatic rings. The predicted molar refractivity (Wildman–Crippen MR) is 160 cm³/mol. The highest BCUT2D eigenvalue weighted by Gasteiger charge is 2.51. The number of fused-ring (bicyclic) bond motifs is 10. The van der Waals surface area contributed by atoms with E-state index in [2.05, 4.69) is 106 Å². The van der Waals surface area contributed by atoms with E-state index in [9.17, 15) is 5.26 Å². The molecule has 4 heteroatoms. The van der Waals surface area contributed by atoms with Gasteiger partial charge in [0.25, 0.3) is 0 Å². The van der Waals surface area contributed by atoms with Gasteiger partial charge in [-0.25, -0.2) is 4.85 Å². The summed E-state index contributed by atoms with van der Waals surface area (Å²) >= 11 is 0. The Hall–Kier alpha value is -5.84. The first-order valence-electron chi connectivity index (χ1n) is 13.4. The Morgan fingerprint density at radius 1 is 0.585 bits per heavy atom. The average Bonchev–Trinajstić information content (AvgIpc) is 3.51. The molecule has 0 saturated heterocycles. The highest BCUT2D eigenvalue weighted by Crippen LogP contribution is 2.63. The molecule has 8 rings (SSSR count). The Bertz CT molecular complexity index is 1990. The Labute approximate surface area is 237 Å². The maximum absolute atomic E-state index is 9.52. The van der Waals surface area contributed by atoms with Crippen molar-refractivity contribution in [2.24, 2.45) is 0 Å². The molecule has 2 aromatic heterocycles. The molecule has 0 saturated carbocycles. The van der Waals surface area contributed by atoms with Crippen LogP contribution in [0.25, 0.3) is 49.6 Å². The zero-order valence-electron chi connectivity index (χ0n) is 21.8. The Kier molecular flexibility index (Phi) is 4.83. The molecular formula is C37H20N4. The van der Waals surface area contributed by atoms with Gasteiger partial charge in [0.05, 0.1) is 35.0 Å². The van der Waals surface area contributed by atoms with E-state index in [1.807, 2.05) is 12.1 Å². The van der Waals surface area contributed by atoms with Crippen molar-refractivity contribution in [2.75, 3.05) is 0 Å². The lowest BCUT2D eigenvalue weighted by atomic mass is 9.70. The van der Waals surface area contributed by atoms with Gasteiger partial charge in [0, 0.05) is 18.0 Å². The second-order valence-corrected chi connectivity index (χ2v) is 10.4. The van der Waals surface area contributed by atoms with Gasteiger partial charge >= 0.3 is 0 Å². The number of nitriles is 1. The average molecular weight is 521 g/mol. The van der Waals surface area contributed by atoms with Crippen molar-refractivity contribution in [3.05, 3.63) is 161 Å². The van der Waals surface area contributed by atoms with Gasteiger partial charge in [0.1, 0.15) is 0 Å². The lowest BCUT2D eigenvalue weighted by Crippen LogP contribution is -2.26. The summed E-state index contributed by atoms with van der Waals surface area (Å²) in [4.78, 5) is 12.9. The summed E-state index contributed by atoms with van der Waals surface area (Å²) in [6, 6.07) is 39.9. The van der Waals surface area contributed by atoms with E-state index in [1.165, 1.54) is 44.5 Å². The summed E-state index contributed by atoms with van der Waals surface area (Å²) in [5.41, 5.74) is 13.9. The molecule has 4 nitrogen and oxygen atoms in total. The molecule has 1 spiro atoms. The van der Waals surface area contributed by atoms with Gasteiger partial charge in [-0.15, -0.1) is 0 Å². The quantitative estimate of drug-likeness (QED) is 0.215. The molecule has 2 heterocycles. The summed E-state index contributed by atoms with van der Waals surface area (Å²) in [5.74, 6) is 0. The molecule has 0 aliphatic heterocycles. The normalized spacial score (nSPS) is 13.0. The van der Waals surface area contributed by atoms with Crippen LogP contribution in [0, 0.1) is 17.9 Å². The maximum Gasteiger partial charge on any atom is 0.190 e. The van der Waals surface area contributed by atoms with Crippen molar-refractivity contribution in [1.82, 2.24) is 9.97 Å². The number of aromatic nitrogens is 2. The number of rotatable bonds is 2. The van der Waals surface area contributed by atoms with Crippen LogP contribution in [0.5, 0.6) is 0 Å². The van der Waals surface area contributed by atoms with Crippen molar-refractivity contribution >= 4 is 5.69 Å². The number of nitrogens with zero attached hydrogens (tertiary/aromatic N) is 4. The van der Waals surface area contributed by atoms with E-state index in [1.54, 1.807) is 24.5 Å². The topological polar surface area (TPSA) is 53.9 Å². The molecule has 0 bridgehead atoms. The summed E-state index contributed by atoms with van der Waals surface area (Å²) in [6.45, 7) is 7.50. The van der Waals surface area contributed by atoms with Gasteiger partial charge in [-0.3, -0.25) is 9.97 Å². The molecule has 0 radical (unpaired) electrons. The minimum absolute atomic E-state index is 0.534. The van der Waals surface area contributed by atoms with E-state index in [-0.39, 0.29) is 0 Å². The molecule has 0 fully saturated rings. The molecule has 2 aliphatic carbocycles. The van der Waals surface area contributed by atoms with Crippen LogP contribution in [-0.2, 0) is 5.41 Å². The molecule has 188 valence electrons. The number of pyridine rings is 2. The SMILES string of the molecule is [C-]#[N+]c1ccnc(-c2ccc3c(c2)C2(c4ccccc4-c4ccccc42)c2cc(-c4cc(C#N)ccn4)ccc2-3)c1. The highest BCUT2D eigenvalue weighted by atomic mass is 14.7. The van der Waals surface area contributed by atoms with E-state index in [0.29, 0.717) is 11.3 Å². The second-order valence-electron chi connectivity index (χ2n) is 10.4. The number of benzene rings is 4.